The zero-order chi connectivity index (χ0) is 63.5. The average Bonchev–Trinajstić information content (AvgIpc) is 3.58. The van der Waals surface area contributed by atoms with Gasteiger partial charge in [-0.2, -0.15) is 0 Å². The van der Waals surface area contributed by atoms with Crippen LogP contribution in [0.15, 0.2) is 24.3 Å². The summed E-state index contributed by atoms with van der Waals surface area (Å²) in [7, 11) is 0. The Kier molecular flexibility index (Phi) is 76.3. The van der Waals surface area contributed by atoms with E-state index < -0.39 is 12.1 Å². The molecule has 0 aromatic heterocycles. The maximum Gasteiger partial charge on any atom is 0.305 e. The van der Waals surface area contributed by atoms with Crippen LogP contribution in [0.25, 0.3) is 0 Å². The molecule has 0 rings (SSSR count). The number of nitrogens with one attached hydrogen (secondary N) is 1. The van der Waals surface area contributed by atoms with E-state index in [2.05, 4.69) is 43.5 Å². The number of amides is 1. The largest absolute Gasteiger partial charge is 0.466 e. The summed E-state index contributed by atoms with van der Waals surface area (Å²) >= 11 is 0. The molecule has 0 aromatic rings. The van der Waals surface area contributed by atoms with Crippen molar-refractivity contribution in [1.29, 1.82) is 0 Å². The molecule has 0 bridgehead atoms. The van der Waals surface area contributed by atoms with Crippen molar-refractivity contribution in [2.24, 2.45) is 0 Å². The first kappa shape index (κ1) is 86.3. The maximum absolute atomic E-state index is 12.6. The predicted octanol–water partition coefficient (Wildman–Crippen LogP) is 26.8. The van der Waals surface area contributed by atoms with Gasteiger partial charge in [-0.05, 0) is 51.4 Å². The fourth-order valence-corrected chi connectivity index (χ4v) is 13.1. The molecule has 0 saturated carbocycles. The fraction of sp³-hybridized carbons (Fsp3) is 0.927. The summed E-state index contributed by atoms with van der Waals surface area (Å²) in [6.45, 7) is 4.96. The summed E-state index contributed by atoms with van der Waals surface area (Å²) in [5, 5.41) is 23.4. The Morgan fingerprint density at radius 1 is 0.318 bits per heavy atom. The van der Waals surface area contributed by atoms with E-state index in [0.717, 1.165) is 51.4 Å². The number of aliphatic hydroxyl groups excluding tert-OH is 2. The van der Waals surface area contributed by atoms with E-state index in [0.29, 0.717) is 25.9 Å². The molecule has 6 heteroatoms. The van der Waals surface area contributed by atoms with Gasteiger partial charge in [0.25, 0.3) is 0 Å². The molecular weight excluding hydrogens is 1080 g/mol. The van der Waals surface area contributed by atoms with Gasteiger partial charge in [0.05, 0.1) is 25.4 Å². The Morgan fingerprint density at radius 2 is 0.580 bits per heavy atom. The van der Waals surface area contributed by atoms with Crippen LogP contribution in [0, 0.1) is 0 Å². The van der Waals surface area contributed by atoms with Crippen LogP contribution in [0.3, 0.4) is 0 Å². The third-order valence-electron chi connectivity index (χ3n) is 19.3. The van der Waals surface area contributed by atoms with Gasteiger partial charge < -0.3 is 20.3 Å². The SMILES string of the molecule is CCCC/C=C\C/C=C\CCCCCCCC(=O)OCCCCCCCCCCCCCCCCCCCCCCCCCCCCCCCCCCCCCCCCCC(=O)NC(CO)C(O)CCCCCCCCCCCCCCCCCCCC. The zero-order valence-corrected chi connectivity index (χ0v) is 60.0. The highest BCUT2D eigenvalue weighted by molar-refractivity contribution is 5.76. The van der Waals surface area contributed by atoms with Crippen LogP contribution in [0.2, 0.25) is 0 Å². The van der Waals surface area contributed by atoms with Crippen molar-refractivity contribution in [2.75, 3.05) is 13.2 Å². The summed E-state index contributed by atoms with van der Waals surface area (Å²) in [4.78, 5) is 24.6. The average molecular weight is 1240 g/mol. The van der Waals surface area contributed by atoms with Crippen LogP contribution in [0.5, 0.6) is 0 Å². The molecule has 0 fully saturated rings. The Morgan fingerprint density at radius 3 is 0.898 bits per heavy atom. The Balaban J connectivity index is 3.29. The van der Waals surface area contributed by atoms with Gasteiger partial charge in [0, 0.05) is 12.8 Å². The number of unbranched alkanes of at least 4 members (excludes halogenated alkanes) is 62. The number of carbonyl (C=O) groups excluding carboxylic acids is 2. The number of allylic oxidation sites excluding steroid dienone is 4. The second kappa shape index (κ2) is 77.8. The van der Waals surface area contributed by atoms with Gasteiger partial charge in [0.15, 0.2) is 0 Å². The molecule has 6 nitrogen and oxygen atoms in total. The van der Waals surface area contributed by atoms with Crippen LogP contribution in [-0.4, -0.2) is 47.4 Å². The first-order valence-electron chi connectivity index (χ1n) is 40.6. The number of hydrogen-bond acceptors (Lipinski definition) is 5. The molecule has 0 saturated heterocycles. The van der Waals surface area contributed by atoms with Crippen molar-refractivity contribution in [3.8, 4) is 0 Å². The Bertz CT molecular complexity index is 1380. The van der Waals surface area contributed by atoms with Gasteiger partial charge in [-0.15, -0.1) is 0 Å². The second-order valence-electron chi connectivity index (χ2n) is 28.1. The lowest BCUT2D eigenvalue weighted by molar-refractivity contribution is -0.143. The monoisotopic (exact) mass is 1240 g/mol. The molecule has 0 aliphatic heterocycles. The summed E-state index contributed by atoms with van der Waals surface area (Å²) in [6, 6.07) is -0.537. The lowest BCUT2D eigenvalue weighted by Gasteiger charge is -2.22. The number of aliphatic hydroxyl groups is 2. The Hall–Kier alpha value is -1.66. The van der Waals surface area contributed by atoms with Gasteiger partial charge in [-0.1, -0.05) is 423 Å². The molecule has 0 aliphatic carbocycles. The fourth-order valence-electron chi connectivity index (χ4n) is 13.1. The van der Waals surface area contributed by atoms with Crippen molar-refractivity contribution in [1.82, 2.24) is 5.32 Å². The van der Waals surface area contributed by atoms with Gasteiger partial charge >= 0.3 is 5.97 Å². The number of hydrogen-bond donors (Lipinski definition) is 3. The molecule has 2 unspecified atom stereocenters. The van der Waals surface area contributed by atoms with Crippen molar-refractivity contribution >= 4 is 11.9 Å². The lowest BCUT2D eigenvalue weighted by Crippen LogP contribution is -2.45. The van der Waals surface area contributed by atoms with E-state index in [9.17, 15) is 19.8 Å². The molecule has 2 atom stereocenters. The van der Waals surface area contributed by atoms with Crippen LogP contribution in [0.4, 0.5) is 0 Å². The minimum Gasteiger partial charge on any atom is -0.466 e. The highest BCUT2D eigenvalue weighted by Gasteiger charge is 2.20. The number of ether oxygens (including phenoxy) is 1. The van der Waals surface area contributed by atoms with Crippen LogP contribution in [-0.2, 0) is 14.3 Å². The molecule has 0 aliphatic rings. The van der Waals surface area contributed by atoms with E-state index in [4.69, 9.17) is 4.74 Å². The molecule has 522 valence electrons. The first-order chi connectivity index (χ1) is 43.5. The van der Waals surface area contributed by atoms with Gasteiger partial charge in [0.2, 0.25) is 5.91 Å². The van der Waals surface area contributed by atoms with Crippen molar-refractivity contribution in [3.05, 3.63) is 24.3 Å². The van der Waals surface area contributed by atoms with Gasteiger partial charge in [0.1, 0.15) is 0 Å². The van der Waals surface area contributed by atoms with Crippen LogP contribution < -0.4 is 5.32 Å². The van der Waals surface area contributed by atoms with Gasteiger partial charge in [-0.3, -0.25) is 9.59 Å². The summed E-state index contributed by atoms with van der Waals surface area (Å²) in [6.07, 6.45) is 100. The maximum atomic E-state index is 12.6. The third-order valence-corrected chi connectivity index (χ3v) is 19.3. The first-order valence-corrected chi connectivity index (χ1v) is 40.6. The Labute approximate surface area is 551 Å². The third kappa shape index (κ3) is 73.4. The number of rotatable bonds is 77. The van der Waals surface area contributed by atoms with Crippen molar-refractivity contribution in [3.63, 3.8) is 0 Å². The molecular formula is C82H159NO5. The highest BCUT2D eigenvalue weighted by Crippen LogP contribution is 2.21. The molecule has 0 aromatic carbocycles. The van der Waals surface area contributed by atoms with Crippen molar-refractivity contribution in [2.45, 2.75) is 475 Å². The molecule has 0 radical (unpaired) electrons. The summed E-state index contributed by atoms with van der Waals surface area (Å²) in [5.41, 5.74) is 0. The molecule has 1 amide bonds. The topological polar surface area (TPSA) is 95.9 Å². The van der Waals surface area contributed by atoms with Crippen LogP contribution >= 0.6 is 0 Å². The number of esters is 1. The standard InChI is InChI=1S/C82H159NO5/c1-3-5-7-9-11-13-15-17-19-20-44-47-50-54-58-62-66-70-74-80(85)79(78-84)83-81(86)75-71-67-63-59-55-51-48-45-42-40-38-36-34-32-30-28-26-24-22-21-23-25-27-29-31-33-35-37-39-41-43-46-49-53-57-61-65-69-73-77-88-82(87)76-72-68-64-60-56-52-18-16-14-12-10-8-6-4-2/h10,12,16,18,79-80,84-85H,3-9,11,13-15,17,19-78H2,1-2H3,(H,83,86)/b12-10-,18-16-. The quantitative estimate of drug-likeness (QED) is 0.0320. The van der Waals surface area contributed by atoms with E-state index in [1.54, 1.807) is 0 Å². The normalized spacial score (nSPS) is 12.5. The lowest BCUT2D eigenvalue weighted by atomic mass is 10.0. The van der Waals surface area contributed by atoms with E-state index in [1.165, 1.54) is 379 Å². The molecule has 3 N–H and O–H groups in total. The molecule has 88 heavy (non-hydrogen) atoms. The summed E-state index contributed by atoms with van der Waals surface area (Å²) in [5.74, 6) is -0.0139. The molecule has 0 spiro atoms. The van der Waals surface area contributed by atoms with Gasteiger partial charge in [-0.25, -0.2) is 0 Å². The van der Waals surface area contributed by atoms with E-state index in [1.807, 2.05) is 0 Å². The van der Waals surface area contributed by atoms with E-state index >= 15 is 0 Å². The minimum atomic E-state index is -0.660. The second-order valence-corrected chi connectivity index (χ2v) is 28.1. The molecule has 0 heterocycles. The zero-order valence-electron chi connectivity index (χ0n) is 60.0. The van der Waals surface area contributed by atoms with Crippen LogP contribution in [0.1, 0.15) is 463 Å². The number of carbonyl (C=O) groups is 2. The smallest absolute Gasteiger partial charge is 0.305 e. The minimum absolute atomic E-state index is 0.0101. The highest BCUT2D eigenvalue weighted by atomic mass is 16.5. The van der Waals surface area contributed by atoms with Crippen molar-refractivity contribution < 1.29 is 24.5 Å². The predicted molar refractivity (Wildman–Crippen MR) is 389 cm³/mol. The van der Waals surface area contributed by atoms with E-state index in [-0.39, 0.29) is 18.5 Å². The summed E-state index contributed by atoms with van der Waals surface area (Å²) < 4.78 is 5.49.